The third-order valence-corrected chi connectivity index (χ3v) is 3.08. The summed E-state index contributed by atoms with van der Waals surface area (Å²) >= 11 is 0. The van der Waals surface area contributed by atoms with Crippen LogP contribution in [0.5, 0.6) is 11.5 Å². The molecular weight excluding hydrogens is 292 g/mol. The largest absolute Gasteiger partial charge is 0.493 e. The van der Waals surface area contributed by atoms with Crippen molar-refractivity contribution in [3.05, 3.63) is 59.2 Å². The van der Waals surface area contributed by atoms with Gasteiger partial charge in [0.1, 0.15) is 0 Å². The number of carbonyl (C=O) groups excluding carboxylic acids is 1. The summed E-state index contributed by atoms with van der Waals surface area (Å²) in [6.07, 6.45) is 0. The monoisotopic (exact) mass is 307 g/mol. The van der Waals surface area contributed by atoms with Crippen LogP contribution in [-0.4, -0.2) is 20.1 Å². The van der Waals surface area contributed by atoms with Crippen molar-refractivity contribution >= 4 is 5.91 Å². The van der Waals surface area contributed by atoms with Crippen LogP contribution in [0.25, 0.3) is 0 Å². The van der Waals surface area contributed by atoms with Crippen molar-refractivity contribution < 1.29 is 23.0 Å². The zero-order chi connectivity index (χ0) is 16.1. The van der Waals surface area contributed by atoms with Crippen LogP contribution in [0.3, 0.4) is 0 Å². The minimum Gasteiger partial charge on any atom is -0.493 e. The molecule has 0 aromatic heterocycles. The molecule has 0 heterocycles. The summed E-state index contributed by atoms with van der Waals surface area (Å²) in [6.45, 7) is 0.0877. The molecule has 0 spiro atoms. The summed E-state index contributed by atoms with van der Waals surface area (Å²) in [6, 6.07) is 8.22. The predicted octanol–water partition coefficient (Wildman–Crippen LogP) is 2.91. The number of benzene rings is 2. The Morgan fingerprint density at radius 3 is 2.36 bits per heavy atom. The molecule has 2 aromatic carbocycles. The summed E-state index contributed by atoms with van der Waals surface area (Å²) in [5.41, 5.74) is 0.841. The van der Waals surface area contributed by atoms with E-state index < -0.39 is 11.6 Å². The van der Waals surface area contributed by atoms with Crippen molar-refractivity contribution in [1.29, 1.82) is 0 Å². The fourth-order valence-electron chi connectivity index (χ4n) is 1.91. The maximum atomic E-state index is 13.1. The van der Waals surface area contributed by atoms with Gasteiger partial charge in [-0.15, -0.1) is 0 Å². The molecule has 116 valence electrons. The second kappa shape index (κ2) is 6.89. The number of methoxy groups -OCH3 is 2. The lowest BCUT2D eigenvalue weighted by Crippen LogP contribution is -2.22. The second-order valence-electron chi connectivity index (χ2n) is 4.50. The average molecular weight is 307 g/mol. The normalized spacial score (nSPS) is 10.2. The van der Waals surface area contributed by atoms with Crippen molar-refractivity contribution in [2.75, 3.05) is 14.2 Å². The average Bonchev–Trinajstić information content (AvgIpc) is 2.54. The van der Waals surface area contributed by atoms with Gasteiger partial charge in [0.2, 0.25) is 0 Å². The second-order valence-corrected chi connectivity index (χ2v) is 4.50. The molecule has 0 aliphatic rings. The molecule has 2 aromatic rings. The van der Waals surface area contributed by atoms with Gasteiger partial charge in [-0.2, -0.15) is 0 Å². The Balaban J connectivity index is 2.07. The van der Waals surface area contributed by atoms with Crippen LogP contribution in [0, 0.1) is 11.6 Å². The number of hydrogen-bond donors (Lipinski definition) is 1. The van der Waals surface area contributed by atoms with E-state index in [9.17, 15) is 13.6 Å². The number of nitrogens with one attached hydrogen (secondary N) is 1. The van der Waals surface area contributed by atoms with E-state index in [1.165, 1.54) is 20.3 Å². The standard InChI is InChI=1S/C16H15F2NO3/c1-21-14-6-4-11(8-15(14)22-2)16(20)19-9-10-3-5-12(17)13(18)7-10/h3-8H,9H2,1-2H3,(H,19,20). The highest BCUT2D eigenvalue weighted by molar-refractivity contribution is 5.94. The molecule has 0 atom stereocenters. The van der Waals surface area contributed by atoms with Crippen LogP contribution < -0.4 is 14.8 Å². The first-order valence-electron chi connectivity index (χ1n) is 6.49. The quantitative estimate of drug-likeness (QED) is 0.924. The first kappa shape index (κ1) is 15.8. The molecule has 22 heavy (non-hydrogen) atoms. The number of amides is 1. The summed E-state index contributed by atoms with van der Waals surface area (Å²) in [7, 11) is 2.97. The smallest absolute Gasteiger partial charge is 0.251 e. The molecule has 0 radical (unpaired) electrons. The molecule has 0 aliphatic heterocycles. The van der Waals surface area contributed by atoms with E-state index in [2.05, 4.69) is 5.32 Å². The van der Waals surface area contributed by atoms with Gasteiger partial charge in [-0.1, -0.05) is 6.07 Å². The van der Waals surface area contributed by atoms with E-state index in [1.807, 2.05) is 0 Å². The van der Waals surface area contributed by atoms with E-state index in [-0.39, 0.29) is 12.5 Å². The zero-order valence-corrected chi connectivity index (χ0v) is 12.2. The van der Waals surface area contributed by atoms with Crippen molar-refractivity contribution in [3.63, 3.8) is 0 Å². The first-order chi connectivity index (χ1) is 10.5. The third-order valence-electron chi connectivity index (χ3n) is 3.08. The molecule has 0 saturated carbocycles. The van der Waals surface area contributed by atoms with Crippen molar-refractivity contribution in [2.24, 2.45) is 0 Å². The SMILES string of the molecule is COc1ccc(C(=O)NCc2ccc(F)c(F)c2)cc1OC. The van der Waals surface area contributed by atoms with Gasteiger partial charge in [0.05, 0.1) is 14.2 Å². The lowest BCUT2D eigenvalue weighted by Gasteiger charge is -2.10. The van der Waals surface area contributed by atoms with Crippen LogP contribution in [0.15, 0.2) is 36.4 Å². The lowest BCUT2D eigenvalue weighted by atomic mass is 10.1. The molecule has 2 rings (SSSR count). The van der Waals surface area contributed by atoms with Crippen LogP contribution in [-0.2, 0) is 6.54 Å². The number of rotatable bonds is 5. The fraction of sp³-hybridized carbons (Fsp3) is 0.188. The molecule has 4 nitrogen and oxygen atoms in total. The van der Waals surface area contributed by atoms with Gasteiger partial charge >= 0.3 is 0 Å². The van der Waals surface area contributed by atoms with Gasteiger partial charge in [0.25, 0.3) is 5.91 Å². The maximum Gasteiger partial charge on any atom is 0.251 e. The van der Waals surface area contributed by atoms with Gasteiger partial charge in [0, 0.05) is 12.1 Å². The fourth-order valence-corrected chi connectivity index (χ4v) is 1.91. The Morgan fingerprint density at radius 2 is 1.73 bits per heavy atom. The molecule has 0 saturated heterocycles. The molecule has 1 N–H and O–H groups in total. The first-order valence-corrected chi connectivity index (χ1v) is 6.49. The Hall–Kier alpha value is -2.63. The zero-order valence-electron chi connectivity index (χ0n) is 12.2. The van der Waals surface area contributed by atoms with Gasteiger partial charge < -0.3 is 14.8 Å². The molecule has 0 aliphatic carbocycles. The van der Waals surface area contributed by atoms with Gasteiger partial charge in [0.15, 0.2) is 23.1 Å². The van der Waals surface area contributed by atoms with Crippen molar-refractivity contribution in [2.45, 2.75) is 6.54 Å². The predicted molar refractivity (Wildman–Crippen MR) is 77.1 cm³/mol. The maximum absolute atomic E-state index is 13.1. The summed E-state index contributed by atoms with van der Waals surface area (Å²) in [5, 5.41) is 2.63. The Morgan fingerprint density at radius 1 is 1.00 bits per heavy atom. The molecule has 1 amide bonds. The molecule has 0 unspecified atom stereocenters. The Kier molecular flexibility index (Phi) is 4.93. The molecule has 0 bridgehead atoms. The summed E-state index contributed by atoms with van der Waals surface area (Å²) in [4.78, 5) is 12.1. The van der Waals surface area contributed by atoms with Crippen LogP contribution >= 0.6 is 0 Å². The van der Waals surface area contributed by atoms with Gasteiger partial charge in [-0.3, -0.25) is 4.79 Å². The molecule has 6 heteroatoms. The van der Waals surface area contributed by atoms with Gasteiger partial charge in [-0.25, -0.2) is 8.78 Å². The Labute approximate surface area is 126 Å². The van der Waals surface area contributed by atoms with Crippen LogP contribution in [0.4, 0.5) is 8.78 Å². The highest BCUT2D eigenvalue weighted by Gasteiger charge is 2.11. The van der Waals surface area contributed by atoms with Crippen LogP contribution in [0.1, 0.15) is 15.9 Å². The number of ether oxygens (including phenoxy) is 2. The summed E-state index contributed by atoms with van der Waals surface area (Å²) in [5.74, 6) is -1.28. The third kappa shape index (κ3) is 3.52. The van der Waals surface area contributed by atoms with E-state index >= 15 is 0 Å². The van der Waals surface area contributed by atoms with Crippen molar-refractivity contribution in [3.8, 4) is 11.5 Å². The molecular formula is C16H15F2NO3. The van der Waals surface area contributed by atoms with E-state index in [1.54, 1.807) is 18.2 Å². The lowest BCUT2D eigenvalue weighted by molar-refractivity contribution is 0.0950. The van der Waals surface area contributed by atoms with Gasteiger partial charge in [-0.05, 0) is 35.9 Å². The van der Waals surface area contributed by atoms with E-state index in [0.29, 0.717) is 22.6 Å². The molecule has 0 fully saturated rings. The topological polar surface area (TPSA) is 47.6 Å². The van der Waals surface area contributed by atoms with E-state index in [4.69, 9.17) is 9.47 Å². The highest BCUT2D eigenvalue weighted by Crippen LogP contribution is 2.27. The highest BCUT2D eigenvalue weighted by atomic mass is 19.2. The minimum absolute atomic E-state index is 0.0877. The van der Waals surface area contributed by atoms with Crippen molar-refractivity contribution in [1.82, 2.24) is 5.32 Å². The minimum atomic E-state index is -0.946. The van der Waals surface area contributed by atoms with E-state index in [0.717, 1.165) is 12.1 Å². The Bertz CT molecular complexity index is 689. The number of carbonyl (C=O) groups is 1. The number of halogens is 2. The van der Waals surface area contributed by atoms with Crippen LogP contribution in [0.2, 0.25) is 0 Å². The number of hydrogen-bond acceptors (Lipinski definition) is 3. The summed E-state index contributed by atoms with van der Waals surface area (Å²) < 4.78 is 36.1.